The molecule has 2 aromatic carbocycles. The molecule has 31 heavy (non-hydrogen) atoms. The Kier molecular flexibility index (Phi) is 5.90. The van der Waals surface area contributed by atoms with Gasteiger partial charge in [-0.25, -0.2) is 12.8 Å². The van der Waals surface area contributed by atoms with Crippen molar-refractivity contribution in [2.24, 2.45) is 5.73 Å². The predicted molar refractivity (Wildman–Crippen MR) is 116 cm³/mol. The van der Waals surface area contributed by atoms with Gasteiger partial charge in [-0.2, -0.15) is 0 Å². The summed E-state index contributed by atoms with van der Waals surface area (Å²) in [7, 11) is -3.27. The molecule has 3 aromatic rings. The van der Waals surface area contributed by atoms with Crippen molar-refractivity contribution in [2.75, 3.05) is 12.8 Å². The molecule has 0 spiro atoms. The van der Waals surface area contributed by atoms with Gasteiger partial charge >= 0.3 is 0 Å². The summed E-state index contributed by atoms with van der Waals surface area (Å²) in [5.74, 6) is -0.312. The smallest absolute Gasteiger partial charge is 0.175 e. The molecule has 4 rings (SSSR count). The lowest BCUT2D eigenvalue weighted by Gasteiger charge is -2.30. The third-order valence-corrected chi connectivity index (χ3v) is 6.58. The van der Waals surface area contributed by atoms with Crippen LogP contribution in [0.4, 0.5) is 4.39 Å². The van der Waals surface area contributed by atoms with Crippen molar-refractivity contribution in [2.45, 2.75) is 30.6 Å². The molecule has 0 bridgehead atoms. The second-order valence-corrected chi connectivity index (χ2v) is 9.87. The second-order valence-electron chi connectivity index (χ2n) is 7.85. The van der Waals surface area contributed by atoms with E-state index in [0.717, 1.165) is 40.9 Å². The van der Waals surface area contributed by atoms with Gasteiger partial charge in [0.05, 0.1) is 16.3 Å². The molecule has 3 N–H and O–H groups in total. The molecule has 6 nitrogen and oxygen atoms in total. The fraction of sp³-hybridized carbons (Fsp3) is 0.261. The van der Waals surface area contributed by atoms with Gasteiger partial charge in [-0.1, -0.05) is 24.3 Å². The lowest BCUT2D eigenvalue weighted by atomic mass is 9.93. The number of fused-ring (bicyclic) bond motifs is 1. The van der Waals surface area contributed by atoms with E-state index in [9.17, 15) is 17.9 Å². The largest absolute Gasteiger partial charge is 0.373 e. The van der Waals surface area contributed by atoms with Crippen LogP contribution in [0, 0.1) is 5.82 Å². The van der Waals surface area contributed by atoms with Gasteiger partial charge in [-0.15, -0.1) is 0 Å². The van der Waals surface area contributed by atoms with Gasteiger partial charge in [-0.3, -0.25) is 9.88 Å². The third-order valence-electron chi connectivity index (χ3n) is 5.47. The van der Waals surface area contributed by atoms with Crippen LogP contribution in [0.2, 0.25) is 0 Å². The minimum Gasteiger partial charge on any atom is -0.373 e. The van der Waals surface area contributed by atoms with Gasteiger partial charge in [0.1, 0.15) is 12.0 Å². The summed E-state index contributed by atoms with van der Waals surface area (Å²) in [4.78, 5) is 7.06. The molecule has 1 atom stereocenters. The highest BCUT2D eigenvalue weighted by Crippen LogP contribution is 2.32. The molecule has 1 aromatic heterocycles. The molecular formula is C23H24FN3O3S. The summed E-state index contributed by atoms with van der Waals surface area (Å²) in [6, 6.07) is 14.9. The van der Waals surface area contributed by atoms with E-state index in [0.29, 0.717) is 23.7 Å². The highest BCUT2D eigenvalue weighted by Gasteiger charge is 2.23. The third kappa shape index (κ3) is 4.83. The molecule has 0 radical (unpaired) electrons. The summed E-state index contributed by atoms with van der Waals surface area (Å²) in [5, 5.41) is 9.93. The van der Waals surface area contributed by atoms with Crippen LogP contribution in [-0.2, 0) is 29.3 Å². The standard InChI is InChI=1S/C23H24FN3O3S/c1-31(29,30)18-4-2-3-15(11-18)13-27-10-9-19-20(16-5-7-17(24)8-6-16)12-21(23(25)28)26-22(19)14-27/h2-8,11-12,23,28H,9-10,13-14,25H2,1H3. The Hall–Kier alpha value is -2.65. The van der Waals surface area contributed by atoms with Gasteiger partial charge in [0.15, 0.2) is 9.84 Å². The van der Waals surface area contributed by atoms with Crippen LogP contribution >= 0.6 is 0 Å². The average molecular weight is 442 g/mol. The van der Waals surface area contributed by atoms with E-state index in [1.54, 1.807) is 36.4 Å². The Labute approximate surface area is 181 Å². The Morgan fingerprint density at radius 3 is 2.61 bits per heavy atom. The monoisotopic (exact) mass is 441 g/mol. The first-order chi connectivity index (χ1) is 14.7. The van der Waals surface area contributed by atoms with E-state index in [1.165, 1.54) is 18.4 Å². The highest BCUT2D eigenvalue weighted by molar-refractivity contribution is 7.90. The molecule has 2 heterocycles. The minimum absolute atomic E-state index is 0.299. The molecule has 0 saturated carbocycles. The predicted octanol–water partition coefficient (Wildman–Crippen LogP) is 2.80. The molecule has 0 aliphatic carbocycles. The maximum atomic E-state index is 13.4. The number of nitrogens with zero attached hydrogens (tertiary/aromatic N) is 2. The van der Waals surface area contributed by atoms with Crippen molar-refractivity contribution >= 4 is 9.84 Å². The maximum absolute atomic E-state index is 13.4. The minimum atomic E-state index is -3.27. The quantitative estimate of drug-likeness (QED) is 0.591. The number of pyridine rings is 1. The zero-order valence-electron chi connectivity index (χ0n) is 17.1. The van der Waals surface area contributed by atoms with E-state index in [-0.39, 0.29) is 5.82 Å². The molecule has 1 aliphatic rings. The zero-order valence-corrected chi connectivity index (χ0v) is 17.9. The number of nitrogens with two attached hydrogens (primary N) is 1. The Bertz CT molecular complexity index is 1210. The van der Waals surface area contributed by atoms with Crippen LogP contribution in [0.15, 0.2) is 59.5 Å². The van der Waals surface area contributed by atoms with Gasteiger partial charge < -0.3 is 10.8 Å². The van der Waals surface area contributed by atoms with E-state index in [4.69, 9.17) is 5.73 Å². The molecule has 8 heteroatoms. The number of sulfone groups is 1. The lowest BCUT2D eigenvalue weighted by molar-refractivity contribution is 0.179. The van der Waals surface area contributed by atoms with E-state index >= 15 is 0 Å². The van der Waals surface area contributed by atoms with Crippen molar-refractivity contribution in [3.05, 3.63) is 82.9 Å². The first-order valence-electron chi connectivity index (χ1n) is 9.94. The van der Waals surface area contributed by atoms with E-state index in [2.05, 4.69) is 9.88 Å². The molecular weight excluding hydrogens is 417 g/mol. The number of rotatable bonds is 5. The van der Waals surface area contributed by atoms with Gasteiger partial charge in [-0.05, 0) is 59.0 Å². The highest BCUT2D eigenvalue weighted by atomic mass is 32.2. The van der Waals surface area contributed by atoms with Crippen molar-refractivity contribution < 1.29 is 17.9 Å². The normalized spacial score (nSPS) is 15.5. The number of aromatic nitrogens is 1. The number of aliphatic hydroxyl groups excluding tert-OH is 1. The fourth-order valence-electron chi connectivity index (χ4n) is 3.92. The number of aliphatic hydroxyl groups is 1. The number of hydrogen-bond acceptors (Lipinski definition) is 6. The molecule has 1 aliphatic heterocycles. The molecule has 162 valence electrons. The van der Waals surface area contributed by atoms with Gasteiger partial charge in [0, 0.05) is 25.9 Å². The first-order valence-corrected chi connectivity index (χ1v) is 11.8. The lowest BCUT2D eigenvalue weighted by Crippen LogP contribution is -2.32. The van der Waals surface area contributed by atoms with Gasteiger partial charge in [0.2, 0.25) is 0 Å². The van der Waals surface area contributed by atoms with Crippen LogP contribution < -0.4 is 5.73 Å². The van der Waals surface area contributed by atoms with E-state index < -0.39 is 16.1 Å². The summed E-state index contributed by atoms with van der Waals surface area (Å²) in [6.45, 7) is 1.87. The van der Waals surface area contributed by atoms with Crippen molar-refractivity contribution in [3.8, 4) is 11.1 Å². The molecule has 0 saturated heterocycles. The molecule has 0 fully saturated rings. The van der Waals surface area contributed by atoms with Crippen LogP contribution in [0.25, 0.3) is 11.1 Å². The zero-order chi connectivity index (χ0) is 22.2. The summed E-state index contributed by atoms with van der Waals surface area (Å²) < 4.78 is 37.1. The fourth-order valence-corrected chi connectivity index (χ4v) is 4.61. The second kappa shape index (κ2) is 8.47. The Morgan fingerprint density at radius 1 is 1.19 bits per heavy atom. The topological polar surface area (TPSA) is 96.5 Å². The molecule has 1 unspecified atom stereocenters. The molecule has 0 amide bonds. The number of benzene rings is 2. The van der Waals surface area contributed by atoms with Crippen LogP contribution in [0.1, 0.15) is 28.7 Å². The van der Waals surface area contributed by atoms with Crippen molar-refractivity contribution in [1.29, 1.82) is 0 Å². The number of halogens is 1. The van der Waals surface area contributed by atoms with Crippen molar-refractivity contribution in [1.82, 2.24) is 9.88 Å². The van der Waals surface area contributed by atoms with Gasteiger partial charge in [0.25, 0.3) is 0 Å². The SMILES string of the molecule is CS(=O)(=O)c1cccc(CN2CCc3c(-c4ccc(F)cc4)cc(C(N)O)nc3C2)c1. The van der Waals surface area contributed by atoms with Crippen LogP contribution in [-0.4, -0.2) is 36.2 Å². The van der Waals surface area contributed by atoms with Crippen molar-refractivity contribution in [3.63, 3.8) is 0 Å². The van der Waals surface area contributed by atoms with E-state index in [1.807, 2.05) is 6.07 Å². The van der Waals surface area contributed by atoms with Crippen LogP contribution in [0.3, 0.4) is 0 Å². The summed E-state index contributed by atoms with van der Waals surface area (Å²) >= 11 is 0. The number of hydrogen-bond donors (Lipinski definition) is 2. The van der Waals surface area contributed by atoms with Crippen LogP contribution in [0.5, 0.6) is 0 Å². The Morgan fingerprint density at radius 2 is 1.94 bits per heavy atom. The Balaban J connectivity index is 1.65. The average Bonchev–Trinajstić information content (AvgIpc) is 2.73. The summed E-state index contributed by atoms with van der Waals surface area (Å²) in [5.41, 5.74) is 10.6. The maximum Gasteiger partial charge on any atom is 0.175 e. The first kappa shape index (κ1) is 21.6. The summed E-state index contributed by atoms with van der Waals surface area (Å²) in [6.07, 6.45) is 0.706.